The van der Waals surface area contributed by atoms with Crippen LogP contribution in [-0.4, -0.2) is 28.5 Å². The highest BCUT2D eigenvalue weighted by Crippen LogP contribution is 2.40. The van der Waals surface area contributed by atoms with Gasteiger partial charge in [-0.15, -0.1) is 0 Å². The monoisotopic (exact) mass is 707 g/mol. The molecule has 6 aromatic rings. The highest BCUT2D eigenvalue weighted by molar-refractivity contribution is 7.07. The van der Waals surface area contributed by atoms with Crippen molar-refractivity contribution in [3.63, 3.8) is 0 Å². The standard InChI is InChI=1S/C38H27Cl2N3O5S/c1-2-46-37(45)33-34(22-8-4-3-5-9-22)41-38-43(35(33)23-13-15-30-31(16-23)48-21-47-30)36(44)32(49-38)17-25-20-42(29-11-7-6-10-27(25)29)19-24-12-14-26(39)18-28(24)40/h3-18,20,35H,2,19,21H2,1H3/b32-17-/t35-/m0/s1. The fourth-order valence-corrected chi connectivity index (χ4v) is 7.79. The average Bonchev–Trinajstić information content (AvgIpc) is 3.81. The lowest BCUT2D eigenvalue weighted by atomic mass is 9.93. The van der Waals surface area contributed by atoms with Crippen molar-refractivity contribution in [1.82, 2.24) is 9.13 Å². The molecule has 0 saturated carbocycles. The third-order valence-electron chi connectivity index (χ3n) is 8.55. The highest BCUT2D eigenvalue weighted by atomic mass is 35.5. The molecule has 0 aliphatic carbocycles. The highest BCUT2D eigenvalue weighted by Gasteiger charge is 2.36. The van der Waals surface area contributed by atoms with Crippen LogP contribution in [0.4, 0.5) is 0 Å². The van der Waals surface area contributed by atoms with Crippen LogP contribution in [0.15, 0.2) is 113 Å². The fourth-order valence-electron chi connectivity index (χ4n) is 6.33. The molecular formula is C38H27Cl2N3O5S. The molecule has 4 aromatic carbocycles. The molecule has 0 N–H and O–H groups in total. The number of carbonyl (C=O) groups is 1. The molecule has 0 fully saturated rings. The minimum absolute atomic E-state index is 0.0925. The van der Waals surface area contributed by atoms with Crippen LogP contribution in [0.25, 0.3) is 22.7 Å². The number of aromatic nitrogens is 2. The van der Waals surface area contributed by atoms with Gasteiger partial charge in [0.25, 0.3) is 5.56 Å². The smallest absolute Gasteiger partial charge is 0.338 e. The summed E-state index contributed by atoms with van der Waals surface area (Å²) in [5.41, 5.74) is 4.60. The van der Waals surface area contributed by atoms with Crippen molar-refractivity contribution in [2.24, 2.45) is 4.99 Å². The summed E-state index contributed by atoms with van der Waals surface area (Å²) in [5.74, 6) is 0.582. The van der Waals surface area contributed by atoms with E-state index in [0.29, 0.717) is 48.7 Å². The second-order valence-corrected chi connectivity index (χ2v) is 13.4. The van der Waals surface area contributed by atoms with Crippen molar-refractivity contribution >= 4 is 63.2 Å². The van der Waals surface area contributed by atoms with Crippen LogP contribution in [0.5, 0.6) is 11.5 Å². The molecule has 0 bridgehead atoms. The fraction of sp³-hybridized carbons (Fsp3) is 0.132. The van der Waals surface area contributed by atoms with Gasteiger partial charge in [0.1, 0.15) is 0 Å². The number of thiazole rings is 1. The Morgan fingerprint density at radius 3 is 2.61 bits per heavy atom. The van der Waals surface area contributed by atoms with E-state index in [4.69, 9.17) is 42.4 Å². The molecule has 11 heteroatoms. The van der Waals surface area contributed by atoms with Gasteiger partial charge in [0.05, 0.1) is 28.5 Å². The number of halogens is 2. The van der Waals surface area contributed by atoms with Crippen LogP contribution in [0, 0.1) is 0 Å². The van der Waals surface area contributed by atoms with Gasteiger partial charge in [-0.3, -0.25) is 9.36 Å². The zero-order valence-electron chi connectivity index (χ0n) is 26.1. The molecule has 0 unspecified atom stereocenters. The Hall–Kier alpha value is -5.09. The van der Waals surface area contributed by atoms with E-state index in [1.165, 1.54) is 11.3 Å². The molecular weight excluding hydrogens is 681 g/mol. The van der Waals surface area contributed by atoms with Crippen molar-refractivity contribution in [2.75, 3.05) is 13.4 Å². The molecule has 0 spiro atoms. The van der Waals surface area contributed by atoms with Crippen molar-refractivity contribution in [1.29, 1.82) is 0 Å². The first-order valence-corrected chi connectivity index (χ1v) is 17.2. The number of hydrogen-bond donors (Lipinski definition) is 0. The Bertz CT molecular complexity index is 2500. The number of ether oxygens (including phenoxy) is 3. The van der Waals surface area contributed by atoms with E-state index in [-0.39, 0.29) is 24.5 Å². The van der Waals surface area contributed by atoms with E-state index in [2.05, 4.69) is 4.57 Å². The number of fused-ring (bicyclic) bond motifs is 3. The van der Waals surface area contributed by atoms with Crippen LogP contribution in [0.3, 0.4) is 0 Å². The van der Waals surface area contributed by atoms with Gasteiger partial charge >= 0.3 is 5.97 Å². The van der Waals surface area contributed by atoms with Crippen LogP contribution in [-0.2, 0) is 16.1 Å². The minimum atomic E-state index is -0.837. The number of carbonyl (C=O) groups excluding carboxylic acids is 1. The molecule has 8 rings (SSSR count). The Morgan fingerprint density at radius 1 is 1.00 bits per heavy atom. The van der Waals surface area contributed by atoms with Gasteiger partial charge in [-0.05, 0) is 54.5 Å². The third kappa shape index (κ3) is 5.63. The van der Waals surface area contributed by atoms with E-state index < -0.39 is 12.0 Å². The SMILES string of the molecule is CCOC(=O)C1=C(c2ccccc2)N=c2s/c(=C\c3cn(Cc4ccc(Cl)cc4Cl)c4ccccc34)c(=O)n2[C@H]1c1ccc2c(c1)OCO2. The maximum atomic E-state index is 14.5. The van der Waals surface area contributed by atoms with Gasteiger partial charge in [-0.1, -0.05) is 95.2 Å². The van der Waals surface area contributed by atoms with Crippen LogP contribution < -0.4 is 24.4 Å². The van der Waals surface area contributed by atoms with Gasteiger partial charge < -0.3 is 18.8 Å². The number of para-hydroxylation sites is 1. The van der Waals surface area contributed by atoms with Gasteiger partial charge in [0.15, 0.2) is 16.3 Å². The maximum Gasteiger partial charge on any atom is 0.338 e. The predicted molar refractivity (Wildman–Crippen MR) is 191 cm³/mol. The normalized spacial score (nSPS) is 15.4. The molecule has 0 saturated heterocycles. The number of nitrogens with zero attached hydrogens (tertiary/aromatic N) is 3. The molecule has 0 radical (unpaired) electrons. The maximum absolute atomic E-state index is 14.5. The molecule has 2 aromatic heterocycles. The quantitative estimate of drug-likeness (QED) is 0.167. The van der Waals surface area contributed by atoms with Crippen molar-refractivity contribution in [3.05, 3.63) is 155 Å². The third-order valence-corrected chi connectivity index (χ3v) is 10.1. The molecule has 0 amide bonds. The van der Waals surface area contributed by atoms with Crippen molar-refractivity contribution in [3.8, 4) is 11.5 Å². The summed E-state index contributed by atoms with van der Waals surface area (Å²) < 4.78 is 21.0. The largest absolute Gasteiger partial charge is 0.463 e. The molecule has 1 atom stereocenters. The van der Waals surface area contributed by atoms with Gasteiger partial charge in [-0.25, -0.2) is 9.79 Å². The molecule has 244 valence electrons. The number of hydrogen-bond acceptors (Lipinski definition) is 7. The van der Waals surface area contributed by atoms with Crippen molar-refractivity contribution in [2.45, 2.75) is 19.5 Å². The second kappa shape index (κ2) is 12.7. The first kappa shape index (κ1) is 31.2. The van der Waals surface area contributed by atoms with E-state index in [0.717, 1.165) is 27.6 Å². The summed E-state index contributed by atoms with van der Waals surface area (Å²) in [7, 11) is 0. The zero-order valence-corrected chi connectivity index (χ0v) is 28.4. The summed E-state index contributed by atoms with van der Waals surface area (Å²) in [5, 5.41) is 2.13. The van der Waals surface area contributed by atoms with E-state index in [1.807, 2.05) is 91.1 Å². The van der Waals surface area contributed by atoms with Gasteiger partial charge in [-0.2, -0.15) is 0 Å². The van der Waals surface area contributed by atoms with Gasteiger partial charge in [0.2, 0.25) is 6.79 Å². The predicted octanol–water partition coefficient (Wildman–Crippen LogP) is 6.97. The summed E-state index contributed by atoms with van der Waals surface area (Å²) in [6.45, 7) is 2.52. The average molecular weight is 709 g/mol. The van der Waals surface area contributed by atoms with E-state index >= 15 is 0 Å². The Kier molecular flexibility index (Phi) is 8.11. The van der Waals surface area contributed by atoms with Gasteiger partial charge in [0, 0.05) is 44.8 Å². The summed E-state index contributed by atoms with van der Waals surface area (Å²) >= 11 is 14.0. The molecule has 8 nitrogen and oxygen atoms in total. The zero-order chi connectivity index (χ0) is 33.6. The number of rotatable bonds is 7. The lowest BCUT2D eigenvalue weighted by molar-refractivity contribution is -0.138. The Morgan fingerprint density at radius 2 is 1.80 bits per heavy atom. The first-order valence-electron chi connectivity index (χ1n) is 15.6. The van der Waals surface area contributed by atoms with E-state index in [1.54, 1.807) is 23.6 Å². The second-order valence-electron chi connectivity index (χ2n) is 11.5. The minimum Gasteiger partial charge on any atom is -0.463 e. The van der Waals surface area contributed by atoms with Crippen LogP contribution in [0.2, 0.25) is 10.0 Å². The van der Waals surface area contributed by atoms with Crippen LogP contribution >= 0.6 is 34.5 Å². The van der Waals surface area contributed by atoms with Crippen molar-refractivity contribution < 1.29 is 19.0 Å². The first-order chi connectivity index (χ1) is 23.9. The van der Waals surface area contributed by atoms with Crippen LogP contribution in [0.1, 0.15) is 35.2 Å². The topological polar surface area (TPSA) is 84.1 Å². The Balaban J connectivity index is 1.34. The summed E-state index contributed by atoms with van der Waals surface area (Å²) in [4.78, 5) is 33.8. The molecule has 4 heterocycles. The lowest BCUT2D eigenvalue weighted by Gasteiger charge is -2.26. The summed E-state index contributed by atoms with van der Waals surface area (Å²) in [6.07, 6.45) is 3.90. The molecule has 2 aliphatic rings. The molecule has 49 heavy (non-hydrogen) atoms. The Labute approximate surface area is 294 Å². The lowest BCUT2D eigenvalue weighted by Crippen LogP contribution is -2.40. The molecule has 2 aliphatic heterocycles. The number of benzene rings is 4. The van der Waals surface area contributed by atoms with E-state index in [9.17, 15) is 9.59 Å². The summed E-state index contributed by atoms with van der Waals surface area (Å²) in [6, 6.07) is 27.6. The number of esters is 1.